The molecule has 0 aliphatic rings. The molecule has 0 fully saturated rings. The van der Waals surface area contributed by atoms with Crippen LogP contribution >= 0.6 is 0 Å². The molecule has 2 aromatic heterocycles. The van der Waals surface area contributed by atoms with Gasteiger partial charge in [-0.2, -0.15) is 0 Å². The fourth-order valence-electron chi connectivity index (χ4n) is 1.75. The SMILES string of the molecule is CCn1ccnc1Cc1cc(C)cnc1N. The van der Waals surface area contributed by atoms with E-state index in [-0.39, 0.29) is 0 Å². The van der Waals surface area contributed by atoms with Gasteiger partial charge < -0.3 is 10.3 Å². The second kappa shape index (κ2) is 4.35. The topological polar surface area (TPSA) is 56.7 Å². The van der Waals surface area contributed by atoms with Crippen molar-refractivity contribution in [2.24, 2.45) is 0 Å². The fraction of sp³-hybridized carbons (Fsp3) is 0.333. The molecular weight excluding hydrogens is 200 g/mol. The molecule has 84 valence electrons. The number of nitrogens with zero attached hydrogens (tertiary/aromatic N) is 3. The van der Waals surface area contributed by atoms with E-state index < -0.39 is 0 Å². The lowest BCUT2D eigenvalue weighted by molar-refractivity contribution is 0.712. The number of imidazole rings is 1. The molecule has 0 saturated carbocycles. The minimum Gasteiger partial charge on any atom is -0.383 e. The Hall–Kier alpha value is -1.84. The Bertz CT molecular complexity index is 488. The highest BCUT2D eigenvalue weighted by Gasteiger charge is 2.06. The average molecular weight is 216 g/mol. The van der Waals surface area contributed by atoms with Crippen LogP contribution in [0.1, 0.15) is 23.9 Å². The van der Waals surface area contributed by atoms with Crippen LogP contribution in [0.5, 0.6) is 0 Å². The quantitative estimate of drug-likeness (QED) is 0.850. The third kappa shape index (κ3) is 2.05. The Labute approximate surface area is 95.1 Å². The molecule has 0 spiro atoms. The summed E-state index contributed by atoms with van der Waals surface area (Å²) in [5.41, 5.74) is 8.02. The molecule has 0 unspecified atom stereocenters. The zero-order chi connectivity index (χ0) is 11.5. The van der Waals surface area contributed by atoms with Crippen LogP contribution in [0, 0.1) is 6.92 Å². The van der Waals surface area contributed by atoms with E-state index >= 15 is 0 Å². The van der Waals surface area contributed by atoms with Gasteiger partial charge in [0, 0.05) is 37.1 Å². The Morgan fingerprint density at radius 1 is 1.38 bits per heavy atom. The van der Waals surface area contributed by atoms with Crippen LogP contribution in [-0.2, 0) is 13.0 Å². The van der Waals surface area contributed by atoms with Crippen molar-refractivity contribution in [3.05, 3.63) is 41.6 Å². The van der Waals surface area contributed by atoms with Crippen molar-refractivity contribution in [1.29, 1.82) is 0 Å². The molecule has 0 amide bonds. The molecule has 2 aromatic rings. The largest absolute Gasteiger partial charge is 0.383 e. The highest BCUT2D eigenvalue weighted by Crippen LogP contribution is 2.14. The molecule has 0 aliphatic carbocycles. The Kier molecular flexibility index (Phi) is 2.90. The molecule has 0 radical (unpaired) electrons. The predicted molar refractivity (Wildman–Crippen MR) is 64.1 cm³/mol. The third-order valence-corrected chi connectivity index (χ3v) is 2.63. The highest BCUT2D eigenvalue weighted by molar-refractivity contribution is 5.42. The molecule has 4 nitrogen and oxygen atoms in total. The summed E-state index contributed by atoms with van der Waals surface area (Å²) >= 11 is 0. The highest BCUT2D eigenvalue weighted by atomic mass is 15.1. The third-order valence-electron chi connectivity index (χ3n) is 2.63. The van der Waals surface area contributed by atoms with Crippen molar-refractivity contribution in [1.82, 2.24) is 14.5 Å². The van der Waals surface area contributed by atoms with Gasteiger partial charge in [-0.3, -0.25) is 0 Å². The van der Waals surface area contributed by atoms with E-state index in [1.54, 1.807) is 6.20 Å². The molecule has 0 aliphatic heterocycles. The Morgan fingerprint density at radius 3 is 2.94 bits per heavy atom. The number of aryl methyl sites for hydroxylation is 2. The van der Waals surface area contributed by atoms with E-state index in [1.165, 1.54) is 0 Å². The van der Waals surface area contributed by atoms with Crippen LogP contribution in [0.3, 0.4) is 0 Å². The summed E-state index contributed by atoms with van der Waals surface area (Å²) < 4.78 is 2.11. The molecule has 0 atom stereocenters. The summed E-state index contributed by atoms with van der Waals surface area (Å²) in [6, 6.07) is 2.07. The minimum atomic E-state index is 0.594. The number of anilines is 1. The Morgan fingerprint density at radius 2 is 2.19 bits per heavy atom. The van der Waals surface area contributed by atoms with Gasteiger partial charge in [0.1, 0.15) is 11.6 Å². The predicted octanol–water partition coefficient (Wildman–Crippen LogP) is 1.78. The second-order valence-corrected chi connectivity index (χ2v) is 3.86. The van der Waals surface area contributed by atoms with Gasteiger partial charge >= 0.3 is 0 Å². The molecule has 16 heavy (non-hydrogen) atoms. The number of rotatable bonds is 3. The van der Waals surface area contributed by atoms with Gasteiger partial charge in [0.25, 0.3) is 0 Å². The van der Waals surface area contributed by atoms with Gasteiger partial charge in [0.05, 0.1) is 0 Å². The summed E-state index contributed by atoms with van der Waals surface area (Å²) in [5, 5.41) is 0. The number of nitrogens with two attached hydrogens (primary N) is 1. The van der Waals surface area contributed by atoms with Crippen molar-refractivity contribution < 1.29 is 0 Å². The van der Waals surface area contributed by atoms with Crippen LogP contribution in [0.15, 0.2) is 24.7 Å². The standard InChI is InChI=1S/C12H16N4/c1-3-16-5-4-14-11(16)7-10-6-9(2)8-15-12(10)13/h4-6,8H,3,7H2,1-2H3,(H2,13,15). The van der Waals surface area contributed by atoms with Gasteiger partial charge in [0.15, 0.2) is 0 Å². The van der Waals surface area contributed by atoms with E-state index in [9.17, 15) is 0 Å². The molecule has 0 saturated heterocycles. The first-order chi connectivity index (χ1) is 7.70. The second-order valence-electron chi connectivity index (χ2n) is 3.86. The number of nitrogen functional groups attached to an aromatic ring is 1. The van der Waals surface area contributed by atoms with Crippen molar-refractivity contribution in [2.75, 3.05) is 5.73 Å². The van der Waals surface area contributed by atoms with Crippen molar-refractivity contribution >= 4 is 5.82 Å². The van der Waals surface area contributed by atoms with Crippen LogP contribution in [0.4, 0.5) is 5.82 Å². The number of aromatic nitrogens is 3. The normalized spacial score (nSPS) is 10.6. The van der Waals surface area contributed by atoms with Gasteiger partial charge in [-0.15, -0.1) is 0 Å². The maximum absolute atomic E-state index is 5.85. The zero-order valence-corrected chi connectivity index (χ0v) is 9.64. The van der Waals surface area contributed by atoms with E-state index in [2.05, 4.69) is 27.5 Å². The smallest absolute Gasteiger partial charge is 0.126 e. The van der Waals surface area contributed by atoms with E-state index in [1.807, 2.05) is 19.3 Å². The summed E-state index contributed by atoms with van der Waals surface area (Å²) in [4.78, 5) is 8.49. The van der Waals surface area contributed by atoms with Crippen LogP contribution < -0.4 is 5.73 Å². The maximum Gasteiger partial charge on any atom is 0.126 e. The number of hydrogen-bond donors (Lipinski definition) is 1. The molecule has 0 aromatic carbocycles. The summed E-state index contributed by atoms with van der Waals surface area (Å²) in [6.45, 7) is 5.04. The first-order valence-electron chi connectivity index (χ1n) is 5.41. The molecule has 2 N–H and O–H groups in total. The van der Waals surface area contributed by atoms with Crippen LogP contribution in [-0.4, -0.2) is 14.5 Å². The van der Waals surface area contributed by atoms with Crippen molar-refractivity contribution in [3.8, 4) is 0 Å². The fourth-order valence-corrected chi connectivity index (χ4v) is 1.75. The average Bonchev–Trinajstić information content (AvgIpc) is 2.71. The monoisotopic (exact) mass is 216 g/mol. The number of hydrogen-bond acceptors (Lipinski definition) is 3. The van der Waals surface area contributed by atoms with Crippen LogP contribution in [0.25, 0.3) is 0 Å². The molecule has 0 bridgehead atoms. The maximum atomic E-state index is 5.85. The summed E-state index contributed by atoms with van der Waals surface area (Å²) in [5.74, 6) is 1.62. The molecular formula is C12H16N4. The van der Waals surface area contributed by atoms with Crippen molar-refractivity contribution in [3.63, 3.8) is 0 Å². The minimum absolute atomic E-state index is 0.594. The lowest BCUT2D eigenvalue weighted by Gasteiger charge is -2.07. The van der Waals surface area contributed by atoms with Gasteiger partial charge in [-0.05, 0) is 19.4 Å². The van der Waals surface area contributed by atoms with E-state index in [0.717, 1.165) is 29.9 Å². The molecule has 2 rings (SSSR count). The van der Waals surface area contributed by atoms with E-state index in [4.69, 9.17) is 5.73 Å². The van der Waals surface area contributed by atoms with Gasteiger partial charge in [0.2, 0.25) is 0 Å². The summed E-state index contributed by atoms with van der Waals surface area (Å²) in [7, 11) is 0. The molecule has 2 heterocycles. The lowest BCUT2D eigenvalue weighted by atomic mass is 10.1. The van der Waals surface area contributed by atoms with Gasteiger partial charge in [-0.1, -0.05) is 6.07 Å². The van der Waals surface area contributed by atoms with Crippen LogP contribution in [0.2, 0.25) is 0 Å². The Balaban J connectivity index is 2.30. The lowest BCUT2D eigenvalue weighted by Crippen LogP contribution is -2.05. The van der Waals surface area contributed by atoms with Crippen molar-refractivity contribution in [2.45, 2.75) is 26.8 Å². The number of pyridine rings is 1. The van der Waals surface area contributed by atoms with Gasteiger partial charge in [-0.25, -0.2) is 9.97 Å². The summed E-state index contributed by atoms with van der Waals surface area (Å²) in [6.07, 6.45) is 6.32. The molecule has 4 heteroatoms. The van der Waals surface area contributed by atoms with E-state index in [0.29, 0.717) is 5.82 Å². The zero-order valence-electron chi connectivity index (χ0n) is 9.64. The first-order valence-corrected chi connectivity index (χ1v) is 5.41. The first kappa shape index (κ1) is 10.7.